The van der Waals surface area contributed by atoms with Crippen molar-refractivity contribution in [2.45, 2.75) is 19.1 Å². The summed E-state index contributed by atoms with van der Waals surface area (Å²) in [5.41, 5.74) is -0.738. The van der Waals surface area contributed by atoms with Gasteiger partial charge in [0.25, 0.3) is 0 Å². The lowest BCUT2D eigenvalue weighted by Gasteiger charge is -2.41. The first-order chi connectivity index (χ1) is 17.2. The maximum absolute atomic E-state index is 16.1. The number of rotatable bonds is 4. The van der Waals surface area contributed by atoms with Crippen LogP contribution in [0.1, 0.15) is 6.92 Å². The number of β-amino-alcohol motifs (C(OH)–C–C–N with tert-alkyl or cyclic N) is 1. The zero-order chi connectivity index (χ0) is 25.7. The van der Waals surface area contributed by atoms with Crippen LogP contribution in [0.5, 0.6) is 5.75 Å². The molecule has 1 atom stereocenters. The molecule has 36 heavy (non-hydrogen) atoms. The highest BCUT2D eigenvalue weighted by molar-refractivity contribution is 6.34. The fourth-order valence-electron chi connectivity index (χ4n) is 4.75. The number of hydrogen-bond donors (Lipinski definition) is 2. The van der Waals surface area contributed by atoms with Crippen molar-refractivity contribution in [3.05, 3.63) is 53.6 Å². The first-order valence-electron chi connectivity index (χ1n) is 11.5. The third-order valence-corrected chi connectivity index (χ3v) is 6.92. The quantitative estimate of drug-likeness (QED) is 0.515. The molecule has 1 amide bonds. The van der Waals surface area contributed by atoms with Gasteiger partial charge in [0.1, 0.15) is 22.9 Å². The van der Waals surface area contributed by atoms with Crippen LogP contribution in [-0.4, -0.2) is 75.9 Å². The van der Waals surface area contributed by atoms with Crippen LogP contribution in [0.2, 0.25) is 5.02 Å². The molecule has 0 bridgehead atoms. The van der Waals surface area contributed by atoms with E-state index in [1.165, 1.54) is 24.3 Å². The van der Waals surface area contributed by atoms with E-state index in [0.29, 0.717) is 43.9 Å². The molecule has 3 heterocycles. The molecule has 0 saturated carbocycles. The van der Waals surface area contributed by atoms with Gasteiger partial charge < -0.3 is 24.9 Å². The Hall–Kier alpha value is -3.50. The minimum Gasteiger partial charge on any atom is -0.507 e. The van der Waals surface area contributed by atoms with Gasteiger partial charge >= 0.3 is 0 Å². The number of benzene rings is 2. The van der Waals surface area contributed by atoms with E-state index in [4.69, 9.17) is 11.6 Å². The summed E-state index contributed by atoms with van der Waals surface area (Å²) in [4.78, 5) is 26.6. The van der Waals surface area contributed by atoms with Crippen LogP contribution in [0.4, 0.5) is 20.5 Å². The monoisotopic (exact) mass is 515 g/mol. The van der Waals surface area contributed by atoms with Crippen LogP contribution in [0.3, 0.4) is 0 Å². The normalized spacial score (nSPS) is 18.5. The van der Waals surface area contributed by atoms with E-state index < -0.39 is 23.5 Å². The molecule has 2 aliphatic rings. The number of carbonyl (C=O) groups excluding carboxylic acids is 1. The predicted octanol–water partition coefficient (Wildman–Crippen LogP) is 3.34. The van der Waals surface area contributed by atoms with E-state index in [9.17, 15) is 19.4 Å². The number of nitrogens with zero attached hydrogens (tertiary/aromatic N) is 5. The Labute approximate surface area is 211 Å². The molecular weight excluding hydrogens is 492 g/mol. The summed E-state index contributed by atoms with van der Waals surface area (Å²) in [5.74, 6) is -1.71. The van der Waals surface area contributed by atoms with Crippen molar-refractivity contribution in [2.75, 3.05) is 42.5 Å². The zero-order valence-electron chi connectivity index (χ0n) is 19.5. The molecule has 0 radical (unpaired) electrons. The van der Waals surface area contributed by atoms with Crippen molar-refractivity contribution >= 4 is 40.2 Å². The van der Waals surface area contributed by atoms with E-state index in [1.807, 2.05) is 11.8 Å². The molecule has 0 spiro atoms. The molecule has 8 nitrogen and oxygen atoms in total. The summed E-state index contributed by atoms with van der Waals surface area (Å²) in [6.45, 7) is 7.29. The van der Waals surface area contributed by atoms with Crippen molar-refractivity contribution in [1.29, 1.82) is 0 Å². The van der Waals surface area contributed by atoms with Gasteiger partial charge in [-0.1, -0.05) is 24.2 Å². The third-order valence-electron chi connectivity index (χ3n) is 6.62. The molecule has 3 aromatic rings. The lowest BCUT2D eigenvalue weighted by molar-refractivity contribution is -0.128. The van der Waals surface area contributed by atoms with Gasteiger partial charge in [-0.15, -0.1) is 0 Å². The minimum atomic E-state index is -0.891. The molecule has 188 valence electrons. The number of fused-ring (bicyclic) bond motifs is 1. The molecule has 11 heteroatoms. The van der Waals surface area contributed by atoms with Gasteiger partial charge in [-0.25, -0.2) is 13.8 Å². The van der Waals surface area contributed by atoms with Crippen LogP contribution in [-0.2, 0) is 4.79 Å². The van der Waals surface area contributed by atoms with Crippen molar-refractivity contribution in [3.63, 3.8) is 0 Å². The molecule has 5 rings (SSSR count). The molecule has 2 fully saturated rings. The van der Waals surface area contributed by atoms with Gasteiger partial charge in [-0.3, -0.25) is 4.79 Å². The van der Waals surface area contributed by atoms with E-state index in [2.05, 4.69) is 16.5 Å². The zero-order valence-corrected chi connectivity index (χ0v) is 20.2. The second kappa shape index (κ2) is 9.18. The minimum absolute atomic E-state index is 0.0873. The van der Waals surface area contributed by atoms with Crippen molar-refractivity contribution in [1.82, 2.24) is 14.9 Å². The van der Waals surface area contributed by atoms with Crippen LogP contribution in [0.25, 0.3) is 22.0 Å². The van der Waals surface area contributed by atoms with E-state index in [-0.39, 0.29) is 39.6 Å². The number of phenolic OH excluding ortho intramolecular Hbond substituents is 1. The summed E-state index contributed by atoms with van der Waals surface area (Å²) >= 11 is 6.47. The summed E-state index contributed by atoms with van der Waals surface area (Å²) in [6.07, 6.45) is 0.733. The average Bonchev–Trinajstić information content (AvgIpc) is 2.83. The topological polar surface area (TPSA) is 93.0 Å². The fourth-order valence-corrected chi connectivity index (χ4v) is 5.04. The molecule has 0 unspecified atom stereocenters. The number of hydrogen-bond acceptors (Lipinski definition) is 7. The highest BCUT2D eigenvalue weighted by atomic mass is 35.5. The fraction of sp³-hybridized carbons (Fsp3) is 0.320. The molecule has 2 saturated heterocycles. The number of aliphatic hydroxyl groups is 1. The van der Waals surface area contributed by atoms with E-state index in [1.54, 1.807) is 9.80 Å². The Balaban J connectivity index is 1.67. The number of aliphatic hydroxyl groups excluding tert-OH is 1. The summed E-state index contributed by atoms with van der Waals surface area (Å²) in [7, 11) is 0. The number of piperazine rings is 1. The van der Waals surface area contributed by atoms with Gasteiger partial charge in [0.15, 0.2) is 5.82 Å². The summed E-state index contributed by atoms with van der Waals surface area (Å²) < 4.78 is 30.7. The molecule has 2 aromatic carbocycles. The number of amides is 1. The molecule has 2 N–H and O–H groups in total. The Morgan fingerprint density at radius 1 is 1.17 bits per heavy atom. The number of anilines is 2. The Kier molecular flexibility index (Phi) is 6.17. The molecule has 0 aliphatic carbocycles. The Bertz CT molecular complexity index is 1360. The van der Waals surface area contributed by atoms with Gasteiger partial charge in [0.2, 0.25) is 11.9 Å². The summed E-state index contributed by atoms with van der Waals surface area (Å²) in [5, 5.41) is 20.3. The number of aromatic hydroxyl groups is 1. The average molecular weight is 516 g/mol. The maximum Gasteiger partial charge on any atom is 0.246 e. The van der Waals surface area contributed by atoms with Gasteiger partial charge in [0.05, 0.1) is 16.7 Å². The van der Waals surface area contributed by atoms with Crippen LogP contribution in [0, 0.1) is 11.6 Å². The number of carbonyl (C=O) groups is 1. The standard InChI is InChI=1S/C25H24ClF2N5O3/c1-3-19(36)33-8-7-31(10-13(33)2)24-15-9-16(26)20(21-17(27)5-4-6-18(21)35)22(28)23(15)29-25(30-24)32-11-14(34)12-32/h3-6,9,13-14,34-35H,1,7-8,10-12H2,2H3/t13-/m1/s1. The SMILES string of the molecule is C=CC(=O)N1CCN(c2nc(N3CC(O)C3)nc3c(F)c(-c4c(O)cccc4F)c(Cl)cc23)C[C@H]1C. The number of aromatic nitrogens is 2. The van der Waals surface area contributed by atoms with E-state index >= 15 is 4.39 Å². The second-order valence-electron chi connectivity index (χ2n) is 9.01. The van der Waals surface area contributed by atoms with Crippen LogP contribution in [0.15, 0.2) is 36.9 Å². The highest BCUT2D eigenvalue weighted by Gasteiger charge is 2.33. The van der Waals surface area contributed by atoms with Crippen LogP contribution < -0.4 is 9.80 Å². The van der Waals surface area contributed by atoms with Crippen molar-refractivity contribution in [3.8, 4) is 16.9 Å². The lowest BCUT2D eigenvalue weighted by atomic mass is 10.0. The van der Waals surface area contributed by atoms with Gasteiger partial charge in [-0.2, -0.15) is 4.98 Å². The second-order valence-corrected chi connectivity index (χ2v) is 9.42. The van der Waals surface area contributed by atoms with Crippen molar-refractivity contribution in [2.24, 2.45) is 0 Å². The molecule has 2 aliphatic heterocycles. The predicted molar refractivity (Wildman–Crippen MR) is 133 cm³/mol. The Morgan fingerprint density at radius 2 is 1.92 bits per heavy atom. The molecular formula is C25H24ClF2N5O3. The Morgan fingerprint density at radius 3 is 2.56 bits per heavy atom. The van der Waals surface area contributed by atoms with Crippen LogP contribution >= 0.6 is 11.6 Å². The third kappa shape index (κ3) is 4.00. The first-order valence-corrected chi connectivity index (χ1v) is 11.9. The molecule has 1 aromatic heterocycles. The number of phenols is 1. The van der Waals surface area contributed by atoms with Gasteiger partial charge in [-0.05, 0) is 31.2 Å². The first kappa shape index (κ1) is 24.2. The summed E-state index contributed by atoms with van der Waals surface area (Å²) in [6, 6.07) is 4.98. The smallest absolute Gasteiger partial charge is 0.246 e. The highest BCUT2D eigenvalue weighted by Crippen LogP contribution is 2.43. The largest absolute Gasteiger partial charge is 0.507 e. The van der Waals surface area contributed by atoms with Gasteiger partial charge in [0, 0.05) is 49.7 Å². The number of halogens is 3. The lowest BCUT2D eigenvalue weighted by Crippen LogP contribution is -2.54. The van der Waals surface area contributed by atoms with Crippen molar-refractivity contribution < 1.29 is 23.8 Å². The maximum atomic E-state index is 16.1. The van der Waals surface area contributed by atoms with E-state index in [0.717, 1.165) is 6.07 Å².